The van der Waals surface area contributed by atoms with Crippen LogP contribution in [0.1, 0.15) is 98.4 Å². The van der Waals surface area contributed by atoms with Crippen LogP contribution in [0.4, 0.5) is 10.1 Å². The first-order chi connectivity index (χ1) is 34.5. The summed E-state index contributed by atoms with van der Waals surface area (Å²) in [4.78, 5) is 81.2. The van der Waals surface area contributed by atoms with E-state index in [2.05, 4.69) is 36.6 Å². The molecule has 3 saturated heterocycles. The minimum absolute atomic E-state index is 0.00413. The number of hydrogen-bond acceptors (Lipinski definition) is 16. The zero-order chi connectivity index (χ0) is 53.2. The van der Waals surface area contributed by atoms with Crippen LogP contribution in [0.2, 0.25) is 0 Å². The number of likely N-dealkylation sites (tertiary alicyclic amines) is 1. The molecule has 18 heteroatoms. The second kappa shape index (κ2) is 27.8. The summed E-state index contributed by atoms with van der Waals surface area (Å²) >= 11 is 0. The first-order valence-electron chi connectivity index (χ1n) is 26.3. The highest BCUT2D eigenvalue weighted by Crippen LogP contribution is 2.39. The van der Waals surface area contributed by atoms with Crippen LogP contribution in [0.15, 0.2) is 54.6 Å². The Kier molecular flexibility index (Phi) is 22.6. The van der Waals surface area contributed by atoms with Crippen molar-refractivity contribution in [3.8, 4) is 0 Å². The average molecular weight is 1020 g/mol. The molecule has 0 bridgehead atoms. The van der Waals surface area contributed by atoms with Crippen molar-refractivity contribution >= 4 is 35.3 Å². The van der Waals surface area contributed by atoms with E-state index in [9.17, 15) is 28.4 Å². The topological polar surface area (TPSA) is 154 Å². The molecule has 73 heavy (non-hydrogen) atoms. The molecule has 0 atom stereocenters. The third-order valence-corrected chi connectivity index (χ3v) is 13.0. The molecule has 0 saturated carbocycles. The smallest absolute Gasteiger partial charge is 0.320 e. The lowest BCUT2D eigenvalue weighted by molar-refractivity contribution is -0.158. The summed E-state index contributed by atoms with van der Waals surface area (Å²) in [6.45, 7) is 26.6. The maximum atomic E-state index is 14.3. The first kappa shape index (κ1) is 59.3. The molecule has 0 aromatic heterocycles. The van der Waals surface area contributed by atoms with E-state index in [-0.39, 0.29) is 55.0 Å². The van der Waals surface area contributed by atoms with E-state index in [1.165, 1.54) is 24.3 Å². The zero-order valence-electron chi connectivity index (χ0n) is 45.5. The number of hydrogen-bond donors (Lipinski definition) is 0. The van der Waals surface area contributed by atoms with Gasteiger partial charge in [0.25, 0.3) is 0 Å². The van der Waals surface area contributed by atoms with Crippen LogP contribution in [0, 0.1) is 5.82 Å². The van der Waals surface area contributed by atoms with Crippen LogP contribution in [-0.4, -0.2) is 219 Å². The molecule has 2 aromatic carbocycles. The van der Waals surface area contributed by atoms with Gasteiger partial charge >= 0.3 is 17.9 Å². The van der Waals surface area contributed by atoms with Crippen LogP contribution in [0.5, 0.6) is 0 Å². The van der Waals surface area contributed by atoms with Gasteiger partial charge in [-0.2, -0.15) is 0 Å². The Balaban J connectivity index is 1.12. The fourth-order valence-electron chi connectivity index (χ4n) is 9.40. The van der Waals surface area contributed by atoms with Gasteiger partial charge in [-0.25, -0.2) is 4.39 Å². The molecule has 17 nitrogen and oxygen atoms in total. The molecule has 0 N–H and O–H groups in total. The first-order valence-corrected chi connectivity index (χ1v) is 26.3. The molecular formula is C55H86FN7O10. The average Bonchev–Trinajstić information content (AvgIpc) is 3.56. The number of ketones is 1. The second-order valence-corrected chi connectivity index (χ2v) is 22.5. The highest BCUT2D eigenvalue weighted by atomic mass is 19.1. The van der Waals surface area contributed by atoms with Crippen LogP contribution < -0.4 is 4.90 Å². The number of anilines is 1. The van der Waals surface area contributed by atoms with Gasteiger partial charge in [-0.15, -0.1) is 0 Å². The standard InChI is InChI=1S/C55H86FN7O10/c1-52(2,3)71-48(65)40-59-28-26-58(27-29-60(41-49(66)72-53(4,5)6)31-33-61(32-30-59)42-50(67)73-54(7,8)9)34-36-69-38-39-70-37-35-62-43-63(46-14-11-10-12-15-46)55(51(62)68)21-24-57(25-22-55)23-13-16-47(64)44-17-19-45(56)20-18-44/h10-12,14-15,17-20H,13,16,21-43H2,1-9H3. The van der Waals surface area contributed by atoms with Crippen molar-refractivity contribution in [1.82, 2.24) is 29.4 Å². The number of carbonyl (C=O) groups excluding carboxylic acids is 5. The Morgan fingerprint density at radius 1 is 0.534 bits per heavy atom. The third-order valence-electron chi connectivity index (χ3n) is 13.0. The van der Waals surface area contributed by atoms with Gasteiger partial charge in [0.2, 0.25) is 5.91 Å². The molecule has 1 amide bonds. The number of nitrogens with zero attached hydrogens (tertiary/aromatic N) is 7. The normalized spacial score (nSPS) is 18.6. The maximum absolute atomic E-state index is 14.3. The number of para-hydroxylation sites is 1. The summed E-state index contributed by atoms with van der Waals surface area (Å²) in [6, 6.07) is 15.8. The molecule has 3 heterocycles. The lowest BCUT2D eigenvalue weighted by Crippen LogP contribution is -2.56. The van der Waals surface area contributed by atoms with E-state index in [4.69, 9.17) is 23.7 Å². The molecule has 3 fully saturated rings. The number of piperidine rings is 1. The summed E-state index contributed by atoms with van der Waals surface area (Å²) in [7, 11) is 0. The van der Waals surface area contributed by atoms with Gasteiger partial charge in [0, 0.05) is 96.2 Å². The monoisotopic (exact) mass is 1020 g/mol. The van der Waals surface area contributed by atoms with Gasteiger partial charge in [0.05, 0.1) is 52.7 Å². The molecule has 1 spiro atoms. The molecular weight excluding hydrogens is 938 g/mol. The lowest BCUT2D eigenvalue weighted by Gasteiger charge is -2.43. The van der Waals surface area contributed by atoms with Gasteiger partial charge in [0.15, 0.2) is 5.78 Å². The summed E-state index contributed by atoms with van der Waals surface area (Å²) in [5, 5.41) is 0. The van der Waals surface area contributed by atoms with E-state index in [1.54, 1.807) is 0 Å². The van der Waals surface area contributed by atoms with Crippen molar-refractivity contribution in [3.05, 3.63) is 66.0 Å². The Morgan fingerprint density at radius 3 is 1.41 bits per heavy atom. The van der Waals surface area contributed by atoms with E-state index in [0.717, 1.165) is 25.3 Å². The van der Waals surface area contributed by atoms with Crippen LogP contribution >= 0.6 is 0 Å². The van der Waals surface area contributed by atoms with Crippen molar-refractivity contribution in [2.24, 2.45) is 0 Å². The van der Waals surface area contributed by atoms with Crippen molar-refractivity contribution in [2.45, 2.75) is 110 Å². The number of esters is 3. The Hall–Kier alpha value is -4.56. The quantitative estimate of drug-likeness (QED) is 0.0696. The Labute approximate surface area is 434 Å². The van der Waals surface area contributed by atoms with Gasteiger partial charge < -0.3 is 38.4 Å². The molecule has 0 radical (unpaired) electrons. The van der Waals surface area contributed by atoms with E-state index in [1.807, 2.05) is 90.3 Å². The zero-order valence-corrected chi connectivity index (χ0v) is 45.5. The summed E-state index contributed by atoms with van der Waals surface area (Å²) in [5.41, 5.74) is -1.02. The number of halogens is 1. The molecule has 0 unspecified atom stereocenters. The molecule has 3 aliphatic heterocycles. The predicted octanol–water partition coefficient (Wildman–Crippen LogP) is 5.21. The highest BCUT2D eigenvalue weighted by Gasteiger charge is 2.53. The second-order valence-electron chi connectivity index (χ2n) is 22.5. The number of benzene rings is 2. The van der Waals surface area contributed by atoms with E-state index in [0.29, 0.717) is 130 Å². The van der Waals surface area contributed by atoms with Crippen LogP contribution in [0.25, 0.3) is 0 Å². The van der Waals surface area contributed by atoms with Crippen LogP contribution in [-0.2, 0) is 42.9 Å². The predicted molar refractivity (Wildman–Crippen MR) is 279 cm³/mol. The number of carbonyl (C=O) groups is 5. The fraction of sp³-hybridized carbons (Fsp3) is 0.691. The molecule has 2 aromatic rings. The van der Waals surface area contributed by atoms with Gasteiger partial charge in [-0.05, 0) is 125 Å². The minimum Gasteiger partial charge on any atom is -0.459 e. The Morgan fingerprint density at radius 2 is 0.959 bits per heavy atom. The summed E-state index contributed by atoms with van der Waals surface area (Å²) < 4.78 is 42.6. The molecule has 408 valence electrons. The summed E-state index contributed by atoms with van der Waals surface area (Å²) in [5.74, 6) is -1.21. The summed E-state index contributed by atoms with van der Waals surface area (Å²) in [6.07, 6.45) is 2.42. The van der Waals surface area contributed by atoms with Crippen molar-refractivity contribution < 1.29 is 52.0 Å². The molecule has 3 aliphatic rings. The number of amides is 1. The third kappa shape index (κ3) is 20.9. The fourth-order valence-corrected chi connectivity index (χ4v) is 9.40. The largest absolute Gasteiger partial charge is 0.459 e. The van der Waals surface area contributed by atoms with Crippen molar-refractivity contribution in [1.29, 1.82) is 0 Å². The van der Waals surface area contributed by atoms with Crippen molar-refractivity contribution in [3.63, 3.8) is 0 Å². The van der Waals surface area contributed by atoms with Crippen LogP contribution in [0.3, 0.4) is 0 Å². The van der Waals surface area contributed by atoms with E-state index < -0.39 is 22.3 Å². The van der Waals surface area contributed by atoms with Gasteiger partial charge in [-0.1, -0.05) is 18.2 Å². The number of rotatable bonds is 21. The lowest BCUT2D eigenvalue weighted by atomic mass is 9.85. The SMILES string of the molecule is CC(C)(C)OC(=O)CN1CCN(CCOCCOCCN2CN(c3ccccc3)C3(CCN(CCCC(=O)c4ccc(F)cc4)CC3)C2=O)CCN(CC(=O)OC(C)(C)C)CCN(CC(=O)OC(C)(C)C)CC1. The Bertz CT molecular complexity index is 2010. The maximum Gasteiger partial charge on any atom is 0.320 e. The van der Waals surface area contributed by atoms with Gasteiger partial charge in [0.1, 0.15) is 28.2 Å². The number of ether oxygens (including phenoxy) is 5. The van der Waals surface area contributed by atoms with Gasteiger partial charge in [-0.3, -0.25) is 43.6 Å². The minimum atomic E-state index is -0.657. The van der Waals surface area contributed by atoms with Crippen molar-refractivity contribution in [2.75, 3.05) is 143 Å². The number of Topliss-reactive ketones (excluding diaryl/α,β-unsaturated/α-hetero) is 1. The molecule has 0 aliphatic carbocycles. The molecule has 5 rings (SSSR count). The van der Waals surface area contributed by atoms with E-state index >= 15 is 0 Å². The highest BCUT2D eigenvalue weighted by molar-refractivity contribution is 5.96.